The molecular weight excluding hydrogens is 352 g/mol. The van der Waals surface area contributed by atoms with E-state index < -0.39 is 46.3 Å². The van der Waals surface area contributed by atoms with Crippen molar-refractivity contribution in [2.24, 2.45) is 0 Å². The summed E-state index contributed by atoms with van der Waals surface area (Å²) >= 11 is 0. The molecule has 0 amide bonds. The molecule has 0 spiro atoms. The molecule has 1 atom stereocenters. The van der Waals surface area contributed by atoms with E-state index >= 15 is 0 Å². The fourth-order valence-corrected chi connectivity index (χ4v) is 2.72. The number of nitrogens with zero attached hydrogens (tertiary/aromatic N) is 1. The number of pyridine rings is 1. The van der Waals surface area contributed by atoms with Gasteiger partial charge in [0.05, 0.1) is 16.8 Å². The number of aromatic carboxylic acids is 2. The van der Waals surface area contributed by atoms with E-state index in [-0.39, 0.29) is 23.3 Å². The lowest BCUT2D eigenvalue weighted by molar-refractivity contribution is -0.157. The zero-order valence-electron chi connectivity index (χ0n) is 13.0. The minimum absolute atomic E-state index is 0.0144. The molecule has 11 nitrogen and oxygen atoms in total. The molecule has 134 valence electrons. The number of rotatable bonds is 5. The Morgan fingerprint density at radius 3 is 2.50 bits per heavy atom. The number of aromatic nitrogens is 2. The second kappa shape index (κ2) is 5.75. The largest absolute Gasteiger partial charge is 0.478 e. The van der Waals surface area contributed by atoms with E-state index in [4.69, 9.17) is 9.84 Å². The predicted octanol–water partition coefficient (Wildman–Crippen LogP) is -0.00390. The summed E-state index contributed by atoms with van der Waals surface area (Å²) < 4.78 is 9.39. The van der Waals surface area contributed by atoms with Crippen molar-refractivity contribution in [3.8, 4) is 17.1 Å². The molecule has 26 heavy (non-hydrogen) atoms. The van der Waals surface area contributed by atoms with Crippen LogP contribution in [0.15, 0.2) is 12.1 Å². The summed E-state index contributed by atoms with van der Waals surface area (Å²) in [4.78, 5) is 52.3. The van der Waals surface area contributed by atoms with Crippen LogP contribution in [0.4, 0.5) is 0 Å². The molecule has 2 aromatic heterocycles. The molecule has 3 rings (SSSR count). The van der Waals surface area contributed by atoms with Crippen molar-refractivity contribution in [2.45, 2.75) is 5.79 Å². The summed E-state index contributed by atoms with van der Waals surface area (Å²) in [6.45, 7) is -0.0144. The molecule has 1 aliphatic carbocycles. The van der Waals surface area contributed by atoms with Crippen molar-refractivity contribution in [1.82, 2.24) is 9.97 Å². The Hall–Kier alpha value is -3.57. The van der Waals surface area contributed by atoms with Crippen molar-refractivity contribution >= 4 is 24.2 Å². The molecule has 0 fully saturated rings. The van der Waals surface area contributed by atoms with Crippen LogP contribution in [0.25, 0.3) is 11.3 Å². The normalized spacial score (nSPS) is 18.0. The second-order valence-electron chi connectivity index (χ2n) is 5.20. The number of carbonyl (C=O) groups is 4. The van der Waals surface area contributed by atoms with Crippen LogP contribution in [0.5, 0.6) is 5.88 Å². The van der Waals surface area contributed by atoms with Gasteiger partial charge in [-0.05, 0) is 6.07 Å². The number of H-pyrrole nitrogens is 1. The van der Waals surface area contributed by atoms with E-state index in [2.05, 4.69) is 14.7 Å². The van der Waals surface area contributed by atoms with Crippen LogP contribution in [-0.2, 0) is 15.3 Å². The van der Waals surface area contributed by atoms with Gasteiger partial charge in [-0.2, -0.15) is 0 Å². The zero-order valence-corrected chi connectivity index (χ0v) is 13.0. The molecule has 1 aliphatic rings. The number of aliphatic hydroxyl groups is 1. The van der Waals surface area contributed by atoms with Gasteiger partial charge in [0.1, 0.15) is 11.4 Å². The standard InChI is InChI=1S/C15H10N2O9/c1-25-15(24)11-9(5(13(20)21)3-8(17-11)26-4-18)10-6(12(15)19)2-7(16-10)14(22)23/h2-4,16,24H,1H3,(H,20,21)(H,22,23). The van der Waals surface area contributed by atoms with Gasteiger partial charge in [0.2, 0.25) is 11.7 Å². The molecule has 0 saturated carbocycles. The lowest BCUT2D eigenvalue weighted by Gasteiger charge is -2.30. The van der Waals surface area contributed by atoms with Gasteiger partial charge < -0.3 is 29.8 Å². The number of carbonyl (C=O) groups excluding carboxylic acids is 2. The number of methoxy groups -OCH3 is 1. The highest BCUT2D eigenvalue weighted by Crippen LogP contribution is 2.44. The smallest absolute Gasteiger partial charge is 0.352 e. The van der Waals surface area contributed by atoms with Gasteiger partial charge in [-0.15, -0.1) is 0 Å². The van der Waals surface area contributed by atoms with E-state index in [1.165, 1.54) is 0 Å². The van der Waals surface area contributed by atoms with Gasteiger partial charge in [-0.25, -0.2) is 14.6 Å². The van der Waals surface area contributed by atoms with Crippen molar-refractivity contribution in [2.75, 3.05) is 7.11 Å². The topological polar surface area (TPSA) is 176 Å². The molecule has 4 N–H and O–H groups in total. The van der Waals surface area contributed by atoms with Gasteiger partial charge in [0.25, 0.3) is 12.3 Å². The number of nitrogens with one attached hydrogen (secondary N) is 1. The number of hydrogen-bond acceptors (Lipinski definition) is 8. The van der Waals surface area contributed by atoms with Crippen LogP contribution in [-0.4, -0.2) is 56.6 Å². The molecule has 11 heteroatoms. The minimum Gasteiger partial charge on any atom is -0.478 e. The summed E-state index contributed by atoms with van der Waals surface area (Å²) in [5.74, 6) is -7.15. The highest BCUT2D eigenvalue weighted by Gasteiger charge is 2.50. The molecule has 0 aliphatic heterocycles. The Morgan fingerprint density at radius 2 is 1.96 bits per heavy atom. The monoisotopic (exact) mass is 362 g/mol. The van der Waals surface area contributed by atoms with Crippen molar-refractivity contribution in [1.29, 1.82) is 0 Å². The molecule has 0 aromatic carbocycles. The van der Waals surface area contributed by atoms with Crippen molar-refractivity contribution < 1.29 is 44.0 Å². The van der Waals surface area contributed by atoms with E-state index in [1.807, 2.05) is 0 Å². The van der Waals surface area contributed by atoms with Crippen molar-refractivity contribution in [3.63, 3.8) is 0 Å². The molecule has 2 aromatic rings. The first-order valence-corrected chi connectivity index (χ1v) is 6.92. The Kier molecular flexibility index (Phi) is 3.82. The number of carboxylic acid groups (broad SMARTS) is 2. The van der Waals surface area contributed by atoms with Crippen molar-refractivity contribution in [3.05, 3.63) is 34.6 Å². The maximum atomic E-state index is 12.6. The number of Topliss-reactive ketones (excluding diaryl/α,β-unsaturated/α-hetero) is 1. The Morgan fingerprint density at radius 1 is 1.27 bits per heavy atom. The summed E-state index contributed by atoms with van der Waals surface area (Å²) in [5.41, 5.74) is -2.15. The highest BCUT2D eigenvalue weighted by molar-refractivity contribution is 6.14. The zero-order chi connectivity index (χ0) is 19.2. The summed E-state index contributed by atoms with van der Waals surface area (Å²) in [7, 11) is 0.979. The average molecular weight is 362 g/mol. The molecule has 1 unspecified atom stereocenters. The number of fused-ring (bicyclic) bond motifs is 3. The maximum Gasteiger partial charge on any atom is 0.352 e. The van der Waals surface area contributed by atoms with Gasteiger partial charge >= 0.3 is 11.9 Å². The highest BCUT2D eigenvalue weighted by atomic mass is 16.6. The van der Waals surface area contributed by atoms with E-state index in [9.17, 15) is 29.4 Å². The predicted molar refractivity (Wildman–Crippen MR) is 79.9 cm³/mol. The molecule has 2 heterocycles. The number of ketones is 1. The van der Waals surface area contributed by atoms with E-state index in [1.54, 1.807) is 0 Å². The summed E-state index contributed by atoms with van der Waals surface area (Å²) in [6, 6.07) is 1.85. The molecular formula is C15H10N2O9. The van der Waals surface area contributed by atoms with E-state index in [0.29, 0.717) is 0 Å². The quantitative estimate of drug-likeness (QED) is 0.418. The third kappa shape index (κ3) is 2.26. The van der Waals surface area contributed by atoms with Crippen LogP contribution >= 0.6 is 0 Å². The van der Waals surface area contributed by atoms with Gasteiger partial charge in [0.15, 0.2) is 0 Å². The van der Waals surface area contributed by atoms with E-state index in [0.717, 1.165) is 19.2 Å². The number of ether oxygens (including phenoxy) is 2. The SMILES string of the molecule is COC1(O)C(=O)c2cc(C(=O)O)[nH]c2-c2c(C(=O)O)cc(OC=O)nc21. The maximum absolute atomic E-state index is 12.6. The fourth-order valence-electron chi connectivity index (χ4n) is 2.72. The fraction of sp³-hybridized carbons (Fsp3) is 0.133. The second-order valence-corrected chi connectivity index (χ2v) is 5.20. The number of aromatic amines is 1. The Bertz CT molecular complexity index is 978. The van der Waals surface area contributed by atoms with Gasteiger partial charge in [-0.3, -0.25) is 9.59 Å². The Balaban J connectivity index is 2.45. The first-order chi connectivity index (χ1) is 12.2. The van der Waals surface area contributed by atoms with Crippen LogP contribution in [0.2, 0.25) is 0 Å². The minimum atomic E-state index is -2.70. The number of hydrogen-bond donors (Lipinski definition) is 4. The first-order valence-electron chi connectivity index (χ1n) is 6.92. The number of carboxylic acids is 2. The van der Waals surface area contributed by atoms with Crippen LogP contribution in [0, 0.1) is 0 Å². The molecule has 0 saturated heterocycles. The first kappa shape index (κ1) is 17.3. The van der Waals surface area contributed by atoms with Gasteiger partial charge in [0, 0.05) is 18.7 Å². The van der Waals surface area contributed by atoms with Crippen LogP contribution in [0.1, 0.15) is 36.9 Å². The summed E-state index contributed by atoms with van der Waals surface area (Å²) in [5, 5.41) is 29.3. The molecule has 0 radical (unpaired) electrons. The lowest BCUT2D eigenvalue weighted by atomic mass is 9.85. The third-order valence-corrected chi connectivity index (χ3v) is 3.86. The average Bonchev–Trinajstić information content (AvgIpc) is 3.04. The van der Waals surface area contributed by atoms with Crippen LogP contribution in [0.3, 0.4) is 0 Å². The van der Waals surface area contributed by atoms with Gasteiger partial charge in [-0.1, -0.05) is 0 Å². The third-order valence-electron chi connectivity index (χ3n) is 3.86. The molecule has 0 bridgehead atoms. The van der Waals surface area contributed by atoms with Crippen LogP contribution < -0.4 is 4.74 Å². The lowest BCUT2D eigenvalue weighted by Crippen LogP contribution is -2.42. The summed E-state index contributed by atoms with van der Waals surface area (Å²) in [6.07, 6.45) is 0. The Labute approximate surface area is 143 Å².